The Hall–Kier alpha value is -2.96. The van der Waals surface area contributed by atoms with Gasteiger partial charge in [-0.25, -0.2) is 8.42 Å². The van der Waals surface area contributed by atoms with Gasteiger partial charge in [0.15, 0.2) is 9.84 Å². The molecule has 0 saturated carbocycles. The highest BCUT2D eigenvalue weighted by Gasteiger charge is 2.21. The van der Waals surface area contributed by atoms with Crippen molar-refractivity contribution in [3.8, 4) is 0 Å². The Kier molecular flexibility index (Phi) is 7.57. The predicted octanol–water partition coefficient (Wildman–Crippen LogP) is 4.30. The molecule has 3 aromatic rings. The van der Waals surface area contributed by atoms with Gasteiger partial charge in [-0.05, 0) is 60.7 Å². The van der Waals surface area contributed by atoms with E-state index in [1.165, 1.54) is 5.56 Å². The lowest BCUT2D eigenvalue weighted by Crippen LogP contribution is -2.40. The van der Waals surface area contributed by atoms with Gasteiger partial charge in [-0.3, -0.25) is 9.69 Å². The molecule has 1 N–H and O–H groups in total. The number of piperidine rings is 1. The third-order valence-corrected chi connectivity index (χ3v) is 7.76. The Morgan fingerprint density at radius 2 is 1.61 bits per heavy atom. The molecule has 3 aromatic carbocycles. The van der Waals surface area contributed by atoms with Crippen LogP contribution in [0.5, 0.6) is 0 Å². The SMILES string of the molecule is O=C(NCC1CCCN(Cc2ccccc2)C1)c1cccc(CS(=O)(=O)c2ccccc2)c1. The molecule has 4 rings (SSSR count). The molecule has 1 atom stereocenters. The van der Waals surface area contributed by atoms with Crippen molar-refractivity contribution in [1.82, 2.24) is 10.2 Å². The fraction of sp³-hybridized carbons (Fsp3) is 0.296. The maximum Gasteiger partial charge on any atom is 0.251 e. The van der Waals surface area contributed by atoms with E-state index in [0.717, 1.165) is 32.5 Å². The minimum Gasteiger partial charge on any atom is -0.352 e. The first kappa shape index (κ1) is 23.2. The summed E-state index contributed by atoms with van der Waals surface area (Å²) >= 11 is 0. The molecule has 5 nitrogen and oxygen atoms in total. The van der Waals surface area contributed by atoms with Crippen molar-refractivity contribution in [2.24, 2.45) is 5.92 Å². The highest BCUT2D eigenvalue weighted by atomic mass is 32.2. The average Bonchev–Trinajstić information content (AvgIpc) is 2.84. The van der Waals surface area contributed by atoms with Crippen LogP contribution in [-0.2, 0) is 22.1 Å². The maximum atomic E-state index is 12.8. The van der Waals surface area contributed by atoms with Crippen LogP contribution >= 0.6 is 0 Å². The summed E-state index contributed by atoms with van der Waals surface area (Å²) in [5.74, 6) is 0.122. The summed E-state index contributed by atoms with van der Waals surface area (Å²) in [6.07, 6.45) is 2.22. The van der Waals surface area contributed by atoms with Crippen LogP contribution in [0, 0.1) is 5.92 Å². The van der Waals surface area contributed by atoms with Crippen molar-refractivity contribution in [1.29, 1.82) is 0 Å². The highest BCUT2D eigenvalue weighted by molar-refractivity contribution is 7.90. The van der Waals surface area contributed by atoms with Crippen molar-refractivity contribution < 1.29 is 13.2 Å². The number of amides is 1. The number of rotatable bonds is 8. The molecule has 1 saturated heterocycles. The number of carbonyl (C=O) groups excluding carboxylic acids is 1. The molecule has 0 aromatic heterocycles. The van der Waals surface area contributed by atoms with Gasteiger partial charge >= 0.3 is 0 Å². The van der Waals surface area contributed by atoms with Crippen LogP contribution < -0.4 is 5.32 Å². The standard InChI is InChI=1S/C27H30N2O3S/c30-27(28-18-24-12-8-16-29(20-24)19-22-9-3-1-4-10-22)25-13-7-11-23(17-25)21-33(31,32)26-14-5-2-6-15-26/h1-7,9-11,13-15,17,24H,8,12,16,18-21H2,(H,28,30). The van der Waals surface area contributed by atoms with Crippen molar-refractivity contribution in [2.75, 3.05) is 19.6 Å². The molecule has 1 aliphatic rings. The van der Waals surface area contributed by atoms with Crippen molar-refractivity contribution >= 4 is 15.7 Å². The molecule has 172 valence electrons. The minimum atomic E-state index is -3.45. The second-order valence-corrected chi connectivity index (χ2v) is 10.7. The van der Waals surface area contributed by atoms with Crippen LogP contribution in [0.1, 0.15) is 34.3 Å². The average molecular weight is 463 g/mol. The van der Waals surface area contributed by atoms with E-state index < -0.39 is 9.84 Å². The zero-order valence-corrected chi connectivity index (χ0v) is 19.5. The van der Waals surface area contributed by atoms with Crippen molar-refractivity contribution in [3.63, 3.8) is 0 Å². The number of hydrogen-bond donors (Lipinski definition) is 1. The van der Waals surface area contributed by atoms with E-state index >= 15 is 0 Å². The smallest absolute Gasteiger partial charge is 0.251 e. The molecule has 1 amide bonds. The molecular weight excluding hydrogens is 432 g/mol. The van der Waals surface area contributed by atoms with E-state index in [1.807, 2.05) is 6.07 Å². The third-order valence-electron chi connectivity index (χ3n) is 6.05. The lowest BCUT2D eigenvalue weighted by atomic mass is 9.97. The second-order valence-electron chi connectivity index (χ2n) is 8.71. The van der Waals surface area contributed by atoms with E-state index in [-0.39, 0.29) is 16.6 Å². The summed E-state index contributed by atoms with van der Waals surface area (Å²) in [6, 6.07) is 25.8. The van der Waals surface area contributed by atoms with Gasteiger partial charge in [-0.15, -0.1) is 0 Å². The first-order chi connectivity index (χ1) is 16.0. The number of benzene rings is 3. The lowest BCUT2D eigenvalue weighted by molar-refractivity contribution is 0.0930. The van der Waals surface area contributed by atoms with Crippen LogP contribution in [0.3, 0.4) is 0 Å². The highest BCUT2D eigenvalue weighted by Crippen LogP contribution is 2.19. The molecule has 0 spiro atoms. The summed E-state index contributed by atoms with van der Waals surface area (Å²) in [6.45, 7) is 3.60. The molecular formula is C27H30N2O3S. The number of carbonyl (C=O) groups is 1. The van der Waals surface area contributed by atoms with Gasteiger partial charge in [0.1, 0.15) is 0 Å². The predicted molar refractivity (Wildman–Crippen MR) is 131 cm³/mol. The molecule has 1 unspecified atom stereocenters. The van der Waals surface area contributed by atoms with E-state index in [9.17, 15) is 13.2 Å². The van der Waals surface area contributed by atoms with Gasteiger partial charge in [0.25, 0.3) is 5.91 Å². The van der Waals surface area contributed by atoms with Crippen LogP contribution in [-0.4, -0.2) is 38.9 Å². The quantitative estimate of drug-likeness (QED) is 0.542. The molecule has 0 aliphatic carbocycles. The lowest BCUT2D eigenvalue weighted by Gasteiger charge is -2.32. The summed E-state index contributed by atoms with van der Waals surface area (Å²) in [5.41, 5.74) is 2.41. The molecule has 1 heterocycles. The number of likely N-dealkylation sites (tertiary alicyclic amines) is 1. The summed E-state index contributed by atoms with van der Waals surface area (Å²) in [5, 5.41) is 3.06. The van der Waals surface area contributed by atoms with E-state index in [4.69, 9.17) is 0 Å². The number of hydrogen-bond acceptors (Lipinski definition) is 4. The zero-order chi connectivity index (χ0) is 23.1. The second kappa shape index (κ2) is 10.8. The summed E-state index contributed by atoms with van der Waals surface area (Å²) in [4.78, 5) is 15.5. The molecule has 6 heteroatoms. The van der Waals surface area contributed by atoms with Gasteiger partial charge in [-0.2, -0.15) is 0 Å². The van der Waals surface area contributed by atoms with Gasteiger partial charge in [0, 0.05) is 25.2 Å². The van der Waals surface area contributed by atoms with Crippen molar-refractivity contribution in [2.45, 2.75) is 30.0 Å². The van der Waals surface area contributed by atoms with E-state index in [0.29, 0.717) is 23.6 Å². The Morgan fingerprint density at radius 1 is 0.909 bits per heavy atom. The van der Waals surface area contributed by atoms with Crippen LogP contribution in [0.15, 0.2) is 89.8 Å². The monoisotopic (exact) mass is 462 g/mol. The van der Waals surface area contributed by atoms with Gasteiger partial charge < -0.3 is 5.32 Å². The van der Waals surface area contributed by atoms with E-state index in [1.54, 1.807) is 54.6 Å². The molecule has 1 aliphatic heterocycles. The summed E-state index contributed by atoms with van der Waals surface area (Å²) < 4.78 is 25.3. The molecule has 33 heavy (non-hydrogen) atoms. The molecule has 0 bridgehead atoms. The Bertz CT molecular complexity index is 1160. The first-order valence-corrected chi connectivity index (χ1v) is 13.1. The largest absolute Gasteiger partial charge is 0.352 e. The van der Waals surface area contributed by atoms with Gasteiger partial charge in [0.2, 0.25) is 0 Å². The third kappa shape index (κ3) is 6.53. The number of nitrogens with zero attached hydrogens (tertiary/aromatic N) is 1. The maximum absolute atomic E-state index is 12.8. The number of nitrogens with one attached hydrogen (secondary N) is 1. The number of sulfone groups is 1. The zero-order valence-electron chi connectivity index (χ0n) is 18.7. The fourth-order valence-electron chi connectivity index (χ4n) is 4.38. The van der Waals surface area contributed by atoms with E-state index in [2.05, 4.69) is 34.5 Å². The van der Waals surface area contributed by atoms with Gasteiger partial charge in [0.05, 0.1) is 10.6 Å². The first-order valence-electron chi connectivity index (χ1n) is 11.4. The Labute approximate surface area is 196 Å². The van der Waals surface area contributed by atoms with Crippen molar-refractivity contribution in [3.05, 3.63) is 102 Å². The molecule has 1 fully saturated rings. The minimum absolute atomic E-state index is 0.130. The fourth-order valence-corrected chi connectivity index (χ4v) is 5.73. The molecule has 0 radical (unpaired) electrons. The van der Waals surface area contributed by atoms with Crippen LogP contribution in [0.4, 0.5) is 0 Å². The van der Waals surface area contributed by atoms with Crippen LogP contribution in [0.25, 0.3) is 0 Å². The topological polar surface area (TPSA) is 66.5 Å². The van der Waals surface area contributed by atoms with Gasteiger partial charge in [-0.1, -0.05) is 60.7 Å². The van der Waals surface area contributed by atoms with Crippen LogP contribution in [0.2, 0.25) is 0 Å². The normalized spacial score (nSPS) is 16.9. The summed E-state index contributed by atoms with van der Waals surface area (Å²) in [7, 11) is -3.45. The Morgan fingerprint density at radius 3 is 2.36 bits per heavy atom. The Balaban J connectivity index is 1.32.